The van der Waals surface area contributed by atoms with Gasteiger partial charge >= 0.3 is 5.85 Å². The van der Waals surface area contributed by atoms with E-state index in [1.165, 1.54) is 52.7 Å². The quantitative estimate of drug-likeness (QED) is 0.376. The second-order valence-electron chi connectivity index (χ2n) is 8.44. The highest BCUT2D eigenvalue weighted by molar-refractivity contribution is 7.92. The molecule has 1 aliphatic carbocycles. The molecule has 2 aromatic rings. The van der Waals surface area contributed by atoms with Gasteiger partial charge in [0, 0.05) is 24.9 Å². The summed E-state index contributed by atoms with van der Waals surface area (Å²) in [5.41, 5.74) is 0.385. The van der Waals surface area contributed by atoms with E-state index in [0.29, 0.717) is 5.69 Å². The molecule has 0 spiro atoms. The molecule has 0 bridgehead atoms. The molecule has 1 aliphatic rings. The third-order valence-corrected chi connectivity index (χ3v) is 7.27. The van der Waals surface area contributed by atoms with Crippen LogP contribution in [0.2, 0.25) is 0 Å². The SMILES string of the molecule is CCOc1cc(NC(=O)[C@@H](OC)C2CCCCC2)ccc1S(=O)(=O)Nc1cccc(OC(F)(F)P)c1. The molecule has 2 aromatic carbocycles. The summed E-state index contributed by atoms with van der Waals surface area (Å²) in [4.78, 5) is 12.7. The normalized spacial score (nSPS) is 15.7. The fourth-order valence-electron chi connectivity index (χ4n) is 4.23. The highest BCUT2D eigenvalue weighted by Crippen LogP contribution is 2.33. The van der Waals surface area contributed by atoms with Crippen molar-refractivity contribution in [2.45, 2.75) is 55.9 Å². The van der Waals surface area contributed by atoms with Gasteiger partial charge in [-0.05, 0) is 59.2 Å². The van der Waals surface area contributed by atoms with Crippen molar-refractivity contribution in [3.63, 3.8) is 0 Å². The van der Waals surface area contributed by atoms with Crippen LogP contribution in [-0.4, -0.2) is 40.0 Å². The van der Waals surface area contributed by atoms with Crippen LogP contribution in [0.15, 0.2) is 47.4 Å². The Hall–Kier alpha value is -2.49. The van der Waals surface area contributed by atoms with Crippen LogP contribution in [0.1, 0.15) is 39.0 Å². The molecule has 2 atom stereocenters. The molecular formula is C24H31F2N2O6PS. The molecule has 198 valence electrons. The average Bonchev–Trinajstić information content (AvgIpc) is 2.79. The van der Waals surface area contributed by atoms with Gasteiger partial charge in [-0.3, -0.25) is 9.52 Å². The van der Waals surface area contributed by atoms with E-state index in [2.05, 4.69) is 14.8 Å². The number of anilines is 2. The van der Waals surface area contributed by atoms with Gasteiger partial charge in [0.25, 0.3) is 15.9 Å². The van der Waals surface area contributed by atoms with E-state index in [1.54, 1.807) is 6.92 Å². The van der Waals surface area contributed by atoms with Crippen molar-refractivity contribution >= 4 is 36.5 Å². The first-order valence-corrected chi connectivity index (χ1v) is 13.7. The standard InChI is InChI=1S/C24H31F2N2O6PS/c1-3-33-20-15-17(27-23(29)22(32-2)16-8-5-4-6-9-16)12-13-21(20)36(30,31)28-18-10-7-11-19(14-18)34-24(25,26)35/h7,10-16,22,28H,3-6,8-9,35H2,1-2H3,(H,27,29)/t22-/m0/s1. The number of rotatable bonds is 11. The molecule has 0 aromatic heterocycles. The first kappa shape index (κ1) is 28.1. The molecule has 1 saturated carbocycles. The van der Waals surface area contributed by atoms with Crippen LogP contribution in [0.3, 0.4) is 0 Å². The maximum Gasteiger partial charge on any atom is 0.408 e. The zero-order valence-electron chi connectivity index (χ0n) is 20.1. The minimum atomic E-state index is -4.17. The third-order valence-electron chi connectivity index (χ3n) is 5.73. The zero-order chi connectivity index (χ0) is 26.3. The maximum atomic E-state index is 13.1. The van der Waals surface area contributed by atoms with Gasteiger partial charge < -0.3 is 19.5 Å². The summed E-state index contributed by atoms with van der Waals surface area (Å²) in [6, 6.07) is 9.39. The van der Waals surface area contributed by atoms with Crippen molar-refractivity contribution in [1.82, 2.24) is 0 Å². The summed E-state index contributed by atoms with van der Waals surface area (Å²) in [5.74, 6) is -3.87. The molecule has 1 unspecified atom stereocenters. The summed E-state index contributed by atoms with van der Waals surface area (Å²) in [6.45, 7) is 1.87. The molecule has 1 fully saturated rings. The Bertz CT molecular complexity index is 1150. The Balaban J connectivity index is 1.80. The molecule has 0 saturated heterocycles. The van der Waals surface area contributed by atoms with Gasteiger partial charge in [-0.1, -0.05) is 25.3 Å². The molecule has 8 nitrogen and oxygen atoms in total. The number of benzene rings is 2. The molecule has 12 heteroatoms. The molecule has 0 radical (unpaired) electrons. The lowest BCUT2D eigenvalue weighted by atomic mass is 9.85. The topological polar surface area (TPSA) is 103 Å². The Morgan fingerprint density at radius 3 is 2.50 bits per heavy atom. The lowest BCUT2D eigenvalue weighted by molar-refractivity contribution is -0.129. The fraction of sp³-hybridized carbons (Fsp3) is 0.458. The van der Waals surface area contributed by atoms with Crippen LogP contribution in [0.4, 0.5) is 20.2 Å². The van der Waals surface area contributed by atoms with Gasteiger partial charge in [0.1, 0.15) is 22.5 Å². The summed E-state index contributed by atoms with van der Waals surface area (Å²) in [5, 5.41) is 2.80. The minimum Gasteiger partial charge on any atom is -0.492 e. The Labute approximate surface area is 212 Å². The number of amides is 1. The lowest BCUT2D eigenvalue weighted by Crippen LogP contribution is -2.37. The van der Waals surface area contributed by atoms with Gasteiger partial charge in [0.05, 0.1) is 12.3 Å². The van der Waals surface area contributed by atoms with Crippen LogP contribution in [0.25, 0.3) is 0 Å². The van der Waals surface area contributed by atoms with Gasteiger partial charge in [0.15, 0.2) is 0 Å². The summed E-state index contributed by atoms with van der Waals surface area (Å²) >= 11 is 0. The number of hydrogen-bond donors (Lipinski definition) is 2. The first-order valence-electron chi connectivity index (χ1n) is 11.6. The van der Waals surface area contributed by atoms with Crippen LogP contribution in [-0.2, 0) is 19.6 Å². The smallest absolute Gasteiger partial charge is 0.408 e. The van der Waals surface area contributed by atoms with Gasteiger partial charge in [-0.2, -0.15) is 8.78 Å². The number of ether oxygens (including phenoxy) is 3. The Morgan fingerprint density at radius 2 is 1.86 bits per heavy atom. The van der Waals surface area contributed by atoms with Crippen molar-refractivity contribution in [2.75, 3.05) is 23.8 Å². The van der Waals surface area contributed by atoms with E-state index >= 15 is 0 Å². The van der Waals surface area contributed by atoms with E-state index in [9.17, 15) is 22.0 Å². The predicted octanol–water partition coefficient (Wildman–Crippen LogP) is 5.22. The molecule has 1 amide bonds. The number of sulfonamides is 1. The summed E-state index contributed by atoms with van der Waals surface area (Å²) in [7, 11) is -1.42. The first-order chi connectivity index (χ1) is 17.0. The molecule has 0 aliphatic heterocycles. The van der Waals surface area contributed by atoms with E-state index in [0.717, 1.165) is 38.2 Å². The molecule has 36 heavy (non-hydrogen) atoms. The Morgan fingerprint density at radius 1 is 1.14 bits per heavy atom. The zero-order valence-corrected chi connectivity index (χ0v) is 22.1. The monoisotopic (exact) mass is 544 g/mol. The molecule has 0 heterocycles. The number of halogens is 2. The van der Waals surface area contributed by atoms with Crippen molar-refractivity contribution in [1.29, 1.82) is 0 Å². The highest BCUT2D eigenvalue weighted by Gasteiger charge is 2.30. The minimum absolute atomic E-state index is 0.0250. The molecule has 3 rings (SSSR count). The predicted molar refractivity (Wildman–Crippen MR) is 136 cm³/mol. The van der Waals surface area contributed by atoms with E-state index in [-0.39, 0.29) is 40.5 Å². The summed E-state index contributed by atoms with van der Waals surface area (Å²) < 4.78 is 70.3. The van der Waals surface area contributed by atoms with Crippen LogP contribution in [0, 0.1) is 5.92 Å². The summed E-state index contributed by atoms with van der Waals surface area (Å²) in [6.07, 6.45) is 4.49. The van der Waals surface area contributed by atoms with Crippen molar-refractivity contribution < 1.29 is 36.2 Å². The van der Waals surface area contributed by atoms with E-state index < -0.39 is 22.0 Å². The van der Waals surface area contributed by atoms with Crippen LogP contribution in [0.5, 0.6) is 11.5 Å². The largest absolute Gasteiger partial charge is 0.492 e. The average molecular weight is 545 g/mol. The molecule has 2 N–H and O–H groups in total. The van der Waals surface area contributed by atoms with Crippen molar-refractivity contribution in [3.05, 3.63) is 42.5 Å². The lowest BCUT2D eigenvalue weighted by Gasteiger charge is -2.28. The fourth-order valence-corrected chi connectivity index (χ4v) is 5.54. The highest BCUT2D eigenvalue weighted by atomic mass is 32.2. The van der Waals surface area contributed by atoms with Gasteiger partial charge in [-0.25, -0.2) is 8.42 Å². The van der Waals surface area contributed by atoms with E-state index in [1.807, 2.05) is 0 Å². The number of alkyl halides is 2. The number of carbonyl (C=O) groups is 1. The second kappa shape index (κ2) is 12.2. The van der Waals surface area contributed by atoms with Crippen LogP contribution >= 0.6 is 9.24 Å². The maximum absolute atomic E-state index is 13.1. The third kappa shape index (κ3) is 7.75. The van der Waals surface area contributed by atoms with Gasteiger partial charge in [-0.15, -0.1) is 0 Å². The van der Waals surface area contributed by atoms with Crippen LogP contribution < -0.4 is 19.5 Å². The Kier molecular flexibility index (Phi) is 9.49. The van der Waals surface area contributed by atoms with E-state index in [4.69, 9.17) is 9.47 Å². The number of hydrogen-bond acceptors (Lipinski definition) is 6. The van der Waals surface area contributed by atoms with Crippen molar-refractivity contribution in [2.24, 2.45) is 5.92 Å². The second-order valence-corrected chi connectivity index (χ2v) is 10.8. The number of methoxy groups -OCH3 is 1. The number of carbonyl (C=O) groups excluding carboxylic acids is 1. The van der Waals surface area contributed by atoms with Crippen molar-refractivity contribution in [3.8, 4) is 11.5 Å². The number of nitrogens with one attached hydrogen (secondary N) is 2. The molecular weight excluding hydrogens is 513 g/mol. The van der Waals surface area contributed by atoms with Gasteiger partial charge in [0.2, 0.25) is 0 Å².